The molecule has 29 heavy (non-hydrogen) atoms. The molecule has 2 rings (SSSR count). The van der Waals surface area contributed by atoms with Gasteiger partial charge in [0.15, 0.2) is 0 Å². The number of amides is 1. The van der Waals surface area contributed by atoms with Crippen LogP contribution >= 0.6 is 46.7 Å². The minimum atomic E-state index is -4.02. The van der Waals surface area contributed by atoms with E-state index in [9.17, 15) is 13.2 Å². The van der Waals surface area contributed by atoms with Gasteiger partial charge in [-0.1, -0.05) is 35.3 Å². The zero-order chi connectivity index (χ0) is 21.4. The van der Waals surface area contributed by atoms with Crippen LogP contribution in [0.15, 0.2) is 52.3 Å². The molecule has 2 aromatic carbocycles. The number of nitrogens with one attached hydrogen (secondary N) is 2. The molecule has 0 fully saturated rings. The molecule has 0 spiro atoms. The van der Waals surface area contributed by atoms with E-state index in [-0.39, 0.29) is 14.9 Å². The maximum absolute atomic E-state index is 12.8. The summed E-state index contributed by atoms with van der Waals surface area (Å²) in [6.45, 7) is 0.308. The van der Waals surface area contributed by atoms with Gasteiger partial charge >= 0.3 is 0 Å². The first-order chi connectivity index (χ1) is 13.8. The summed E-state index contributed by atoms with van der Waals surface area (Å²) >= 11 is 15.1. The first-order valence-electron chi connectivity index (χ1n) is 8.64. The quantitative estimate of drug-likeness (QED) is 0.479. The minimum Gasteiger partial charge on any atom is -0.351 e. The van der Waals surface area contributed by atoms with Gasteiger partial charge in [-0.15, -0.1) is 11.8 Å². The van der Waals surface area contributed by atoms with Crippen LogP contribution in [-0.2, 0) is 21.4 Å². The highest BCUT2D eigenvalue weighted by molar-refractivity contribution is 7.98. The molecule has 0 saturated carbocycles. The van der Waals surface area contributed by atoms with E-state index in [0.717, 1.165) is 10.5 Å². The third-order valence-corrected chi connectivity index (χ3v) is 7.61. The van der Waals surface area contributed by atoms with Crippen LogP contribution in [0.4, 0.5) is 0 Å². The molecule has 1 unspecified atom stereocenters. The lowest BCUT2D eigenvalue weighted by Crippen LogP contribution is -2.46. The van der Waals surface area contributed by atoms with Crippen LogP contribution in [0.1, 0.15) is 12.0 Å². The number of benzene rings is 2. The van der Waals surface area contributed by atoms with E-state index in [2.05, 4.69) is 10.0 Å². The fourth-order valence-electron chi connectivity index (χ4n) is 2.47. The van der Waals surface area contributed by atoms with E-state index >= 15 is 0 Å². The summed E-state index contributed by atoms with van der Waals surface area (Å²) in [5.74, 6) is 0.224. The maximum Gasteiger partial charge on any atom is 0.242 e. The van der Waals surface area contributed by atoms with E-state index in [4.69, 9.17) is 23.2 Å². The van der Waals surface area contributed by atoms with Gasteiger partial charge in [0, 0.05) is 16.5 Å². The highest BCUT2D eigenvalue weighted by atomic mass is 35.5. The van der Waals surface area contributed by atoms with E-state index in [1.807, 2.05) is 36.8 Å². The van der Waals surface area contributed by atoms with Crippen molar-refractivity contribution in [1.82, 2.24) is 10.0 Å². The van der Waals surface area contributed by atoms with E-state index in [1.54, 1.807) is 11.8 Å². The van der Waals surface area contributed by atoms with Gasteiger partial charge in [0.1, 0.15) is 10.9 Å². The number of rotatable bonds is 10. The summed E-state index contributed by atoms with van der Waals surface area (Å²) in [5.41, 5.74) is 0.931. The molecule has 0 bridgehead atoms. The van der Waals surface area contributed by atoms with E-state index < -0.39 is 22.0 Å². The Morgan fingerprint density at radius 2 is 1.79 bits per heavy atom. The molecule has 2 N–H and O–H groups in total. The molecule has 5 nitrogen and oxygen atoms in total. The monoisotopic (exact) mass is 492 g/mol. The molecular formula is C19H22Cl2N2O3S3. The molecule has 2 aromatic rings. The van der Waals surface area contributed by atoms with Gasteiger partial charge in [-0.25, -0.2) is 8.42 Å². The number of hydrogen-bond acceptors (Lipinski definition) is 5. The predicted molar refractivity (Wildman–Crippen MR) is 124 cm³/mol. The van der Waals surface area contributed by atoms with Crippen LogP contribution in [0.2, 0.25) is 10.0 Å². The molecule has 158 valence electrons. The zero-order valence-corrected chi connectivity index (χ0v) is 19.9. The number of carbonyl (C=O) groups is 1. The van der Waals surface area contributed by atoms with Gasteiger partial charge in [0.2, 0.25) is 15.9 Å². The summed E-state index contributed by atoms with van der Waals surface area (Å²) < 4.78 is 28.0. The lowest BCUT2D eigenvalue weighted by molar-refractivity contribution is -0.122. The van der Waals surface area contributed by atoms with Crippen LogP contribution in [0.3, 0.4) is 0 Å². The minimum absolute atomic E-state index is 0.0415. The first kappa shape index (κ1) is 24.4. The second kappa shape index (κ2) is 11.5. The molecular weight excluding hydrogens is 471 g/mol. The van der Waals surface area contributed by atoms with Crippen LogP contribution in [0.25, 0.3) is 0 Å². The van der Waals surface area contributed by atoms with Gasteiger partial charge in [0.25, 0.3) is 0 Å². The van der Waals surface area contributed by atoms with E-state index in [0.29, 0.717) is 18.7 Å². The van der Waals surface area contributed by atoms with Crippen LogP contribution < -0.4 is 10.0 Å². The summed E-state index contributed by atoms with van der Waals surface area (Å²) in [6, 6.07) is 11.1. The summed E-state index contributed by atoms with van der Waals surface area (Å²) in [5, 5.41) is 3.09. The summed E-state index contributed by atoms with van der Waals surface area (Å²) in [7, 11) is -4.02. The molecule has 10 heteroatoms. The molecule has 0 aliphatic rings. The molecule has 0 aliphatic carbocycles. The van der Waals surface area contributed by atoms with Gasteiger partial charge < -0.3 is 5.32 Å². The molecule has 0 radical (unpaired) electrons. The lowest BCUT2D eigenvalue weighted by Gasteiger charge is -2.19. The number of halogens is 2. The van der Waals surface area contributed by atoms with Crippen molar-refractivity contribution in [3.05, 3.63) is 58.1 Å². The largest absolute Gasteiger partial charge is 0.351 e. The van der Waals surface area contributed by atoms with Gasteiger partial charge in [-0.3, -0.25) is 4.79 Å². The number of thioether (sulfide) groups is 2. The Morgan fingerprint density at radius 1 is 1.10 bits per heavy atom. The molecule has 0 saturated heterocycles. The Balaban J connectivity index is 2.12. The Kier molecular flexibility index (Phi) is 9.65. The number of carbonyl (C=O) groups excluding carboxylic acids is 1. The van der Waals surface area contributed by atoms with Crippen molar-refractivity contribution in [3.63, 3.8) is 0 Å². The van der Waals surface area contributed by atoms with Crippen molar-refractivity contribution in [2.75, 3.05) is 18.3 Å². The zero-order valence-electron chi connectivity index (χ0n) is 15.9. The number of hydrogen-bond donors (Lipinski definition) is 2. The first-order valence-corrected chi connectivity index (χ1v) is 13.5. The smallest absolute Gasteiger partial charge is 0.242 e. The van der Waals surface area contributed by atoms with Crippen LogP contribution in [0, 0.1) is 0 Å². The van der Waals surface area contributed by atoms with Gasteiger partial charge in [-0.2, -0.15) is 16.5 Å². The average Bonchev–Trinajstić information content (AvgIpc) is 2.71. The van der Waals surface area contributed by atoms with Crippen molar-refractivity contribution in [2.45, 2.75) is 28.8 Å². The molecule has 1 amide bonds. The standard InChI is InChI=1S/C19H22Cl2N2O3S3/c1-27-10-9-17(19(24)22-12-13-3-6-15(28-2)7-4-13)23-29(25,26)18-11-14(20)5-8-16(18)21/h3-8,11,17,23H,9-10,12H2,1-2H3,(H,22,24). The SMILES string of the molecule is CSCCC(NS(=O)(=O)c1cc(Cl)ccc1Cl)C(=O)NCc1ccc(SC)cc1. The maximum atomic E-state index is 12.8. The lowest BCUT2D eigenvalue weighted by atomic mass is 10.2. The highest BCUT2D eigenvalue weighted by Gasteiger charge is 2.27. The van der Waals surface area contributed by atoms with Crippen molar-refractivity contribution in [2.24, 2.45) is 0 Å². The fraction of sp³-hybridized carbons (Fsp3) is 0.316. The highest BCUT2D eigenvalue weighted by Crippen LogP contribution is 2.25. The second-order valence-corrected chi connectivity index (χ2v) is 10.5. The summed E-state index contributed by atoms with van der Waals surface area (Å²) in [4.78, 5) is 13.7. The van der Waals surface area contributed by atoms with E-state index in [1.165, 1.54) is 30.0 Å². The third-order valence-electron chi connectivity index (χ3n) is 4.03. The molecule has 0 heterocycles. The van der Waals surface area contributed by atoms with Gasteiger partial charge in [0.05, 0.1) is 5.02 Å². The Hall–Kier alpha value is -0.900. The Labute approximate surface area is 190 Å². The predicted octanol–water partition coefficient (Wildman–Crippen LogP) is 4.43. The molecule has 1 atom stereocenters. The van der Waals surface area contributed by atoms with Crippen molar-refractivity contribution in [3.8, 4) is 0 Å². The number of sulfonamides is 1. The van der Waals surface area contributed by atoms with Crippen molar-refractivity contribution < 1.29 is 13.2 Å². The summed E-state index contributed by atoms with van der Waals surface area (Å²) in [6.07, 6.45) is 4.23. The van der Waals surface area contributed by atoms with Gasteiger partial charge in [-0.05, 0) is 60.6 Å². The fourth-order valence-corrected chi connectivity index (χ4v) is 5.34. The molecule has 0 aliphatic heterocycles. The van der Waals surface area contributed by atoms with Crippen LogP contribution in [-0.4, -0.2) is 38.6 Å². The second-order valence-electron chi connectivity index (χ2n) is 6.10. The topological polar surface area (TPSA) is 75.3 Å². The normalized spacial score (nSPS) is 12.6. The van der Waals surface area contributed by atoms with Crippen molar-refractivity contribution in [1.29, 1.82) is 0 Å². The Morgan fingerprint density at radius 3 is 2.41 bits per heavy atom. The average molecular weight is 494 g/mol. The Bertz CT molecular complexity index is 938. The van der Waals surface area contributed by atoms with Crippen molar-refractivity contribution >= 4 is 62.7 Å². The molecule has 0 aromatic heterocycles. The third kappa shape index (κ3) is 7.38. The van der Waals surface area contributed by atoms with Crippen LogP contribution in [0.5, 0.6) is 0 Å².